The van der Waals surface area contributed by atoms with Crippen LogP contribution in [0, 0.1) is 0 Å². The summed E-state index contributed by atoms with van der Waals surface area (Å²) >= 11 is 1.18. The van der Waals surface area contributed by atoms with Crippen molar-refractivity contribution in [3.63, 3.8) is 0 Å². The first kappa shape index (κ1) is 15.1. The van der Waals surface area contributed by atoms with Crippen LogP contribution in [-0.4, -0.2) is 20.9 Å². The maximum atomic E-state index is 12.2. The molecule has 2 heterocycles. The summed E-state index contributed by atoms with van der Waals surface area (Å²) in [7, 11) is -3.54. The number of rotatable bonds is 4. The maximum absolute atomic E-state index is 12.2. The Morgan fingerprint density at radius 3 is 2.77 bits per heavy atom. The van der Waals surface area contributed by atoms with Gasteiger partial charge in [0.05, 0.1) is 0 Å². The smallest absolute Gasteiger partial charge is 0.271 e. The molecule has 116 valence electrons. The van der Waals surface area contributed by atoms with Gasteiger partial charge in [0.15, 0.2) is 0 Å². The second kappa shape index (κ2) is 5.73. The summed E-state index contributed by atoms with van der Waals surface area (Å²) < 4.78 is 27.4. The van der Waals surface area contributed by atoms with E-state index in [0.717, 1.165) is 11.3 Å². The van der Waals surface area contributed by atoms with E-state index in [-0.39, 0.29) is 10.1 Å². The van der Waals surface area contributed by atoms with Crippen molar-refractivity contribution in [3.05, 3.63) is 41.3 Å². The van der Waals surface area contributed by atoms with Crippen molar-refractivity contribution in [2.45, 2.75) is 24.0 Å². The Labute approximate surface area is 133 Å². The number of aryl methyl sites for hydroxylation is 1. The lowest BCUT2D eigenvalue weighted by Gasteiger charge is -2.28. The number of carbonyl (C=O) groups is 1. The molecule has 3 rings (SSSR count). The van der Waals surface area contributed by atoms with E-state index in [9.17, 15) is 13.2 Å². The summed E-state index contributed by atoms with van der Waals surface area (Å²) in [6.45, 7) is 2.55. The quantitative estimate of drug-likeness (QED) is 0.933. The highest BCUT2D eigenvalue weighted by molar-refractivity contribution is 7.94. The van der Waals surface area contributed by atoms with Crippen molar-refractivity contribution in [2.75, 3.05) is 16.2 Å². The molecule has 0 unspecified atom stereocenters. The molecule has 1 aliphatic heterocycles. The average Bonchev–Trinajstić information content (AvgIpc) is 3.02. The third-order valence-electron chi connectivity index (χ3n) is 3.61. The number of sulfonamides is 1. The predicted octanol–water partition coefficient (Wildman–Crippen LogP) is 2.85. The molecule has 7 heteroatoms. The Morgan fingerprint density at radius 1 is 1.27 bits per heavy atom. The van der Waals surface area contributed by atoms with Crippen LogP contribution in [-0.2, 0) is 21.2 Å². The van der Waals surface area contributed by atoms with Crippen molar-refractivity contribution in [2.24, 2.45) is 0 Å². The number of carbonyl (C=O) groups excluding carboxylic acids is 1. The highest BCUT2D eigenvalue weighted by Gasteiger charge is 2.23. The van der Waals surface area contributed by atoms with Gasteiger partial charge in [-0.25, -0.2) is 8.42 Å². The van der Waals surface area contributed by atoms with Crippen molar-refractivity contribution in [1.82, 2.24) is 0 Å². The fourth-order valence-corrected chi connectivity index (χ4v) is 4.63. The molecular weight excluding hydrogens is 320 g/mol. The minimum Gasteiger partial charge on any atom is -0.312 e. The molecule has 0 atom stereocenters. The predicted molar refractivity (Wildman–Crippen MR) is 87.9 cm³/mol. The van der Waals surface area contributed by atoms with E-state index >= 15 is 0 Å². The van der Waals surface area contributed by atoms with Crippen molar-refractivity contribution in [3.8, 4) is 0 Å². The lowest BCUT2D eigenvalue weighted by atomic mass is 10.0. The second-order valence-electron chi connectivity index (χ2n) is 5.02. The molecule has 0 saturated heterocycles. The minimum atomic E-state index is -3.54. The fraction of sp³-hybridized carbons (Fsp3) is 0.267. The first-order chi connectivity index (χ1) is 10.5. The Kier molecular flexibility index (Phi) is 3.92. The van der Waals surface area contributed by atoms with Crippen molar-refractivity contribution >= 4 is 38.6 Å². The summed E-state index contributed by atoms with van der Waals surface area (Å²) in [5, 5.41) is 1.73. The molecule has 1 aromatic heterocycles. The third-order valence-corrected chi connectivity index (χ3v) is 6.39. The summed E-state index contributed by atoms with van der Waals surface area (Å²) in [6, 6.07) is 8.60. The topological polar surface area (TPSA) is 66.5 Å². The third kappa shape index (κ3) is 2.74. The Morgan fingerprint density at radius 2 is 2.09 bits per heavy atom. The van der Waals surface area contributed by atoms with E-state index in [1.165, 1.54) is 11.3 Å². The van der Waals surface area contributed by atoms with Gasteiger partial charge >= 0.3 is 0 Å². The zero-order chi connectivity index (χ0) is 15.7. The lowest BCUT2D eigenvalue weighted by molar-refractivity contribution is -0.118. The molecule has 1 aliphatic rings. The van der Waals surface area contributed by atoms with Crippen LogP contribution in [0.1, 0.15) is 18.9 Å². The first-order valence-electron chi connectivity index (χ1n) is 7.01. The molecule has 1 N–H and O–H groups in total. The van der Waals surface area contributed by atoms with Crippen molar-refractivity contribution in [1.29, 1.82) is 0 Å². The molecule has 0 bridgehead atoms. The first-order valence-corrected chi connectivity index (χ1v) is 9.37. The van der Waals surface area contributed by atoms with Gasteiger partial charge in [0, 0.05) is 24.3 Å². The molecule has 0 spiro atoms. The number of nitrogens with zero attached hydrogens (tertiary/aromatic N) is 1. The van der Waals surface area contributed by atoms with Crippen LogP contribution in [0.25, 0.3) is 0 Å². The lowest BCUT2D eigenvalue weighted by Crippen LogP contribution is -2.34. The van der Waals surface area contributed by atoms with E-state index in [2.05, 4.69) is 4.72 Å². The molecule has 5 nitrogen and oxygen atoms in total. The van der Waals surface area contributed by atoms with Gasteiger partial charge < -0.3 is 4.90 Å². The number of nitrogens with one attached hydrogen (secondary N) is 1. The van der Waals surface area contributed by atoms with Gasteiger partial charge in [0.2, 0.25) is 5.91 Å². The van der Waals surface area contributed by atoms with E-state index < -0.39 is 10.0 Å². The molecule has 0 saturated carbocycles. The average molecular weight is 336 g/mol. The number of hydrogen-bond donors (Lipinski definition) is 1. The highest BCUT2D eigenvalue weighted by Crippen LogP contribution is 2.31. The maximum Gasteiger partial charge on any atom is 0.271 e. The standard InChI is InChI=1S/C15H16N2O3S2/c1-2-17-13-7-6-12(10-11(13)5-8-14(17)18)16-22(19,20)15-4-3-9-21-15/h3-4,6-7,9-10,16H,2,5,8H2,1H3. The van der Waals surface area contributed by atoms with E-state index in [1.807, 2.05) is 19.1 Å². The van der Waals surface area contributed by atoms with Crippen LogP contribution in [0.15, 0.2) is 39.9 Å². The molecule has 0 fully saturated rings. The summed E-state index contributed by atoms with van der Waals surface area (Å²) in [5.74, 6) is 0.113. The minimum absolute atomic E-state index is 0.113. The fourth-order valence-electron chi connectivity index (χ4n) is 2.59. The van der Waals surface area contributed by atoms with Crippen LogP contribution < -0.4 is 9.62 Å². The normalized spacial score (nSPS) is 14.8. The monoisotopic (exact) mass is 336 g/mol. The van der Waals surface area contributed by atoms with E-state index in [4.69, 9.17) is 0 Å². The Bertz CT molecular complexity index is 798. The zero-order valence-electron chi connectivity index (χ0n) is 12.1. The number of amides is 1. The van der Waals surface area contributed by atoms with Crippen molar-refractivity contribution < 1.29 is 13.2 Å². The number of hydrogen-bond acceptors (Lipinski definition) is 4. The van der Waals surface area contributed by atoms with Crippen LogP contribution in [0.3, 0.4) is 0 Å². The summed E-state index contributed by atoms with van der Waals surface area (Å²) in [6.07, 6.45) is 1.10. The highest BCUT2D eigenvalue weighted by atomic mass is 32.2. The SMILES string of the molecule is CCN1C(=O)CCc2cc(NS(=O)(=O)c3cccs3)ccc21. The molecular formula is C15H16N2O3S2. The molecule has 22 heavy (non-hydrogen) atoms. The van der Waals surface area contributed by atoms with Gasteiger partial charge in [-0.3, -0.25) is 9.52 Å². The zero-order valence-corrected chi connectivity index (χ0v) is 13.7. The number of anilines is 2. The van der Waals surface area contributed by atoms with Crippen LogP contribution in [0.4, 0.5) is 11.4 Å². The number of benzene rings is 1. The number of thiophene rings is 1. The van der Waals surface area contributed by atoms with Crippen LogP contribution in [0.2, 0.25) is 0 Å². The molecule has 0 radical (unpaired) electrons. The number of fused-ring (bicyclic) bond motifs is 1. The van der Waals surface area contributed by atoms with Gasteiger partial charge in [-0.15, -0.1) is 11.3 Å². The molecule has 1 aromatic carbocycles. The molecule has 1 amide bonds. The van der Waals surface area contributed by atoms with Gasteiger partial charge in [-0.05, 0) is 48.6 Å². The van der Waals surface area contributed by atoms with Gasteiger partial charge in [0.1, 0.15) is 4.21 Å². The van der Waals surface area contributed by atoms with Crippen LogP contribution in [0.5, 0.6) is 0 Å². The molecule has 2 aromatic rings. The van der Waals surface area contributed by atoms with Gasteiger partial charge in [-0.1, -0.05) is 6.07 Å². The Hall–Kier alpha value is -1.86. The second-order valence-corrected chi connectivity index (χ2v) is 7.88. The van der Waals surface area contributed by atoms with Gasteiger partial charge in [0.25, 0.3) is 10.0 Å². The van der Waals surface area contributed by atoms with Crippen LogP contribution >= 0.6 is 11.3 Å². The largest absolute Gasteiger partial charge is 0.312 e. The summed E-state index contributed by atoms with van der Waals surface area (Å²) in [4.78, 5) is 13.6. The van der Waals surface area contributed by atoms with E-state index in [1.54, 1.807) is 28.5 Å². The summed E-state index contributed by atoms with van der Waals surface area (Å²) in [5.41, 5.74) is 2.39. The Balaban J connectivity index is 1.90. The molecule has 0 aliphatic carbocycles. The van der Waals surface area contributed by atoms with E-state index in [0.29, 0.717) is 25.1 Å². The van der Waals surface area contributed by atoms with Gasteiger partial charge in [-0.2, -0.15) is 0 Å².